The van der Waals surface area contributed by atoms with E-state index in [0.717, 1.165) is 4.88 Å². The predicted molar refractivity (Wildman–Crippen MR) is 88.3 cm³/mol. The van der Waals surface area contributed by atoms with Gasteiger partial charge in [-0.3, -0.25) is 4.79 Å². The summed E-state index contributed by atoms with van der Waals surface area (Å²) in [6.07, 6.45) is 0. The third-order valence-electron chi connectivity index (χ3n) is 2.79. The SMILES string of the molecule is C[C@@H](CN)NC(=O)c1cccc(OCc2cccs2)c1.Cl. The van der Waals surface area contributed by atoms with Gasteiger partial charge in [-0.15, -0.1) is 23.7 Å². The Kier molecular flexibility index (Phi) is 7.22. The van der Waals surface area contributed by atoms with Crippen molar-refractivity contribution < 1.29 is 9.53 Å². The van der Waals surface area contributed by atoms with E-state index >= 15 is 0 Å². The number of amides is 1. The molecule has 1 atom stereocenters. The molecular formula is C15H19ClN2O2S. The second-order valence-corrected chi connectivity index (χ2v) is 5.54. The molecule has 4 nitrogen and oxygen atoms in total. The lowest BCUT2D eigenvalue weighted by Crippen LogP contribution is -2.37. The number of ether oxygens (including phenoxy) is 1. The van der Waals surface area contributed by atoms with Crippen LogP contribution in [0.3, 0.4) is 0 Å². The summed E-state index contributed by atoms with van der Waals surface area (Å²) in [5, 5.41) is 4.84. The zero-order valence-electron chi connectivity index (χ0n) is 11.7. The molecule has 2 aromatic rings. The van der Waals surface area contributed by atoms with Crippen LogP contribution in [0, 0.1) is 0 Å². The maximum absolute atomic E-state index is 12.0. The molecule has 3 N–H and O–H groups in total. The highest BCUT2D eigenvalue weighted by molar-refractivity contribution is 7.09. The fourth-order valence-corrected chi connectivity index (χ4v) is 2.26. The van der Waals surface area contributed by atoms with Gasteiger partial charge < -0.3 is 15.8 Å². The molecule has 2 rings (SSSR count). The first kappa shape index (κ1) is 17.5. The highest BCUT2D eigenvalue weighted by Gasteiger charge is 2.09. The van der Waals surface area contributed by atoms with Crippen molar-refractivity contribution >= 4 is 29.7 Å². The Hall–Kier alpha value is -1.56. The molecule has 0 fully saturated rings. The molecule has 1 aromatic carbocycles. The number of rotatable bonds is 6. The van der Waals surface area contributed by atoms with Crippen molar-refractivity contribution in [1.82, 2.24) is 5.32 Å². The molecule has 1 aromatic heterocycles. The van der Waals surface area contributed by atoms with Gasteiger partial charge in [0, 0.05) is 23.0 Å². The summed E-state index contributed by atoms with van der Waals surface area (Å²) in [4.78, 5) is 13.1. The average Bonchev–Trinajstić information content (AvgIpc) is 2.98. The Bertz CT molecular complexity index is 561. The molecule has 0 aliphatic rings. The Labute approximate surface area is 134 Å². The van der Waals surface area contributed by atoms with Gasteiger partial charge in [-0.25, -0.2) is 0 Å². The normalized spacial score (nSPS) is 11.3. The number of carbonyl (C=O) groups is 1. The van der Waals surface area contributed by atoms with E-state index in [4.69, 9.17) is 10.5 Å². The third kappa shape index (κ3) is 5.38. The van der Waals surface area contributed by atoms with Crippen LogP contribution in [-0.2, 0) is 6.61 Å². The van der Waals surface area contributed by atoms with Gasteiger partial charge in [0.25, 0.3) is 5.91 Å². The van der Waals surface area contributed by atoms with Gasteiger partial charge in [0.1, 0.15) is 12.4 Å². The molecule has 0 saturated heterocycles. The van der Waals surface area contributed by atoms with Crippen LogP contribution in [0.15, 0.2) is 41.8 Å². The second kappa shape index (κ2) is 8.67. The van der Waals surface area contributed by atoms with Crippen molar-refractivity contribution in [2.75, 3.05) is 6.54 Å². The molecule has 1 amide bonds. The van der Waals surface area contributed by atoms with Gasteiger partial charge in [0.2, 0.25) is 0 Å². The molecule has 0 unspecified atom stereocenters. The third-order valence-corrected chi connectivity index (χ3v) is 3.64. The van der Waals surface area contributed by atoms with Crippen molar-refractivity contribution in [3.05, 3.63) is 52.2 Å². The first-order valence-corrected chi connectivity index (χ1v) is 7.33. The summed E-state index contributed by atoms with van der Waals surface area (Å²) in [7, 11) is 0. The number of hydrogen-bond acceptors (Lipinski definition) is 4. The van der Waals surface area contributed by atoms with Crippen LogP contribution in [0.25, 0.3) is 0 Å². The van der Waals surface area contributed by atoms with Crippen LogP contribution in [-0.4, -0.2) is 18.5 Å². The lowest BCUT2D eigenvalue weighted by Gasteiger charge is -2.12. The number of hydrogen-bond donors (Lipinski definition) is 2. The minimum Gasteiger partial charge on any atom is -0.488 e. The fourth-order valence-electron chi connectivity index (χ4n) is 1.64. The maximum Gasteiger partial charge on any atom is 0.251 e. The van der Waals surface area contributed by atoms with Gasteiger partial charge in [-0.05, 0) is 36.6 Å². The number of carbonyl (C=O) groups excluding carboxylic acids is 1. The minimum atomic E-state index is -0.135. The van der Waals surface area contributed by atoms with Crippen molar-refractivity contribution in [1.29, 1.82) is 0 Å². The number of benzene rings is 1. The Balaban J connectivity index is 0.00000220. The van der Waals surface area contributed by atoms with E-state index in [1.807, 2.05) is 36.6 Å². The molecule has 0 aliphatic heterocycles. The lowest BCUT2D eigenvalue weighted by molar-refractivity contribution is 0.0941. The number of nitrogens with one attached hydrogen (secondary N) is 1. The molecule has 1 heterocycles. The van der Waals surface area contributed by atoms with E-state index in [2.05, 4.69) is 5.32 Å². The fraction of sp³-hybridized carbons (Fsp3) is 0.267. The molecule has 0 radical (unpaired) electrons. The molecule has 0 bridgehead atoms. The Morgan fingerprint density at radius 3 is 2.86 bits per heavy atom. The first-order chi connectivity index (χ1) is 9.69. The van der Waals surface area contributed by atoms with Gasteiger partial charge in [0.15, 0.2) is 0 Å². The van der Waals surface area contributed by atoms with Gasteiger partial charge in [-0.2, -0.15) is 0 Å². The van der Waals surface area contributed by atoms with E-state index < -0.39 is 0 Å². The van der Waals surface area contributed by atoms with Crippen LogP contribution >= 0.6 is 23.7 Å². The highest BCUT2D eigenvalue weighted by atomic mass is 35.5. The summed E-state index contributed by atoms with van der Waals surface area (Å²) in [6, 6.07) is 11.1. The molecular weight excluding hydrogens is 308 g/mol. The van der Waals surface area contributed by atoms with Crippen LogP contribution in [0.2, 0.25) is 0 Å². The lowest BCUT2D eigenvalue weighted by atomic mass is 10.2. The molecule has 0 spiro atoms. The quantitative estimate of drug-likeness (QED) is 0.858. The summed E-state index contributed by atoms with van der Waals surface area (Å²) >= 11 is 1.65. The monoisotopic (exact) mass is 326 g/mol. The van der Waals surface area contributed by atoms with E-state index in [-0.39, 0.29) is 24.4 Å². The van der Waals surface area contributed by atoms with Crippen molar-refractivity contribution in [2.24, 2.45) is 5.73 Å². The second-order valence-electron chi connectivity index (χ2n) is 4.51. The largest absolute Gasteiger partial charge is 0.488 e. The van der Waals surface area contributed by atoms with E-state index in [1.165, 1.54) is 0 Å². The van der Waals surface area contributed by atoms with Gasteiger partial charge in [0.05, 0.1) is 0 Å². The molecule has 21 heavy (non-hydrogen) atoms. The minimum absolute atomic E-state index is 0. The van der Waals surface area contributed by atoms with Crippen LogP contribution in [0.4, 0.5) is 0 Å². The standard InChI is InChI=1S/C15H18N2O2S.ClH/c1-11(9-16)17-15(18)12-4-2-5-13(8-12)19-10-14-6-3-7-20-14;/h2-8,11H,9-10,16H2,1H3,(H,17,18);1H/t11-;/m0./s1. The van der Waals surface area contributed by atoms with Crippen molar-refractivity contribution in [2.45, 2.75) is 19.6 Å². The zero-order chi connectivity index (χ0) is 14.4. The van der Waals surface area contributed by atoms with Crippen molar-refractivity contribution in [3.8, 4) is 5.75 Å². The summed E-state index contributed by atoms with van der Waals surface area (Å²) in [6.45, 7) is 2.80. The summed E-state index contributed by atoms with van der Waals surface area (Å²) < 4.78 is 5.68. The molecule has 0 aliphatic carbocycles. The summed E-state index contributed by atoms with van der Waals surface area (Å²) in [5.74, 6) is 0.552. The smallest absolute Gasteiger partial charge is 0.251 e. The van der Waals surface area contributed by atoms with E-state index in [9.17, 15) is 4.79 Å². The topological polar surface area (TPSA) is 64.3 Å². The van der Waals surface area contributed by atoms with Crippen molar-refractivity contribution in [3.63, 3.8) is 0 Å². The van der Waals surface area contributed by atoms with Crippen LogP contribution < -0.4 is 15.8 Å². The van der Waals surface area contributed by atoms with E-state index in [1.54, 1.807) is 23.5 Å². The van der Waals surface area contributed by atoms with E-state index in [0.29, 0.717) is 24.5 Å². The van der Waals surface area contributed by atoms with Crippen LogP contribution in [0.1, 0.15) is 22.2 Å². The average molecular weight is 327 g/mol. The van der Waals surface area contributed by atoms with Gasteiger partial charge >= 0.3 is 0 Å². The molecule has 0 saturated carbocycles. The maximum atomic E-state index is 12.0. The predicted octanol–water partition coefficient (Wildman–Crippen LogP) is 2.83. The number of thiophene rings is 1. The molecule has 114 valence electrons. The zero-order valence-corrected chi connectivity index (χ0v) is 13.4. The Morgan fingerprint density at radius 1 is 1.38 bits per heavy atom. The highest BCUT2D eigenvalue weighted by Crippen LogP contribution is 2.17. The number of halogens is 1. The Morgan fingerprint density at radius 2 is 2.19 bits per heavy atom. The first-order valence-electron chi connectivity index (χ1n) is 6.45. The number of nitrogens with two attached hydrogens (primary N) is 1. The van der Waals surface area contributed by atoms with Gasteiger partial charge in [-0.1, -0.05) is 12.1 Å². The molecule has 6 heteroatoms. The van der Waals surface area contributed by atoms with Crippen LogP contribution in [0.5, 0.6) is 5.75 Å². The summed E-state index contributed by atoms with van der Waals surface area (Å²) in [5.41, 5.74) is 6.07.